The predicted molar refractivity (Wildman–Crippen MR) is 184 cm³/mol. The Morgan fingerprint density at radius 3 is 1.84 bits per heavy atom. The molecule has 3 nitrogen and oxygen atoms in total. The van der Waals surface area contributed by atoms with Gasteiger partial charge in [0.25, 0.3) is 0 Å². The molecule has 0 fully saturated rings. The molecular weight excluding hydrogens is 528 g/mol. The van der Waals surface area contributed by atoms with Crippen LogP contribution < -0.4 is 0 Å². The minimum atomic E-state index is -0.843. The van der Waals surface area contributed by atoms with E-state index in [2.05, 4.69) is 116 Å². The summed E-state index contributed by atoms with van der Waals surface area (Å²) in [5.74, 6) is 6.46. The summed E-state index contributed by atoms with van der Waals surface area (Å²) in [6.45, 7) is 20.8. The summed E-state index contributed by atoms with van der Waals surface area (Å²) < 4.78 is 0. The van der Waals surface area contributed by atoms with E-state index in [9.17, 15) is 15.3 Å². The molecular formula is C40H54O3. The molecule has 0 heterocycles. The highest BCUT2D eigenvalue weighted by atomic mass is 16.3. The average Bonchev–Trinajstić information content (AvgIpc) is 2.88. The van der Waals surface area contributed by atoms with Gasteiger partial charge in [0.1, 0.15) is 6.10 Å². The molecule has 0 aromatic rings. The highest BCUT2D eigenvalue weighted by Gasteiger charge is 2.37. The molecule has 43 heavy (non-hydrogen) atoms. The number of allylic oxidation sites excluding steroid dienone is 18. The summed E-state index contributed by atoms with van der Waals surface area (Å²) in [6.07, 6.45) is 25.2. The summed E-state index contributed by atoms with van der Waals surface area (Å²) in [5.41, 5.74) is 8.45. The molecule has 232 valence electrons. The molecule has 3 heteroatoms. The van der Waals surface area contributed by atoms with Crippen LogP contribution in [-0.2, 0) is 0 Å². The summed E-state index contributed by atoms with van der Waals surface area (Å²) in [5, 5.41) is 30.4. The monoisotopic (exact) mass is 582 g/mol. The van der Waals surface area contributed by atoms with Gasteiger partial charge in [-0.3, -0.25) is 0 Å². The van der Waals surface area contributed by atoms with E-state index in [1.807, 2.05) is 38.2 Å². The minimum absolute atomic E-state index is 0.00510. The van der Waals surface area contributed by atoms with Gasteiger partial charge >= 0.3 is 0 Å². The molecule has 0 bridgehead atoms. The van der Waals surface area contributed by atoms with E-state index in [4.69, 9.17) is 0 Å². The Kier molecular flexibility index (Phi) is 13.5. The molecule has 3 atom stereocenters. The van der Waals surface area contributed by atoms with Gasteiger partial charge in [0.2, 0.25) is 0 Å². The van der Waals surface area contributed by atoms with Crippen LogP contribution >= 0.6 is 0 Å². The zero-order valence-electron chi connectivity index (χ0n) is 28.1. The van der Waals surface area contributed by atoms with Crippen LogP contribution in [0.3, 0.4) is 0 Å². The summed E-state index contributed by atoms with van der Waals surface area (Å²) in [4.78, 5) is 0. The standard InChI is InChI=1S/C40H54O3/c1-28(17-13-19-30(3)21-23-35-32(5)25-34(41)26-39(35,7)8)15-11-12-16-29(2)18-14-20-31(4)22-24-36-33(6)38(43)37(42)27-40(36,9)10/h11-21,23,34,37-38,41-43H,25-27H2,1-10H3. The topological polar surface area (TPSA) is 60.7 Å². The Morgan fingerprint density at radius 1 is 0.721 bits per heavy atom. The fourth-order valence-corrected chi connectivity index (χ4v) is 5.85. The minimum Gasteiger partial charge on any atom is -0.393 e. The molecule has 0 aromatic heterocycles. The molecule has 0 aliphatic heterocycles. The maximum atomic E-state index is 10.2. The van der Waals surface area contributed by atoms with Crippen molar-refractivity contribution in [1.82, 2.24) is 0 Å². The number of aliphatic hydroxyl groups excluding tert-OH is 3. The van der Waals surface area contributed by atoms with Crippen molar-refractivity contribution in [2.75, 3.05) is 0 Å². The number of hydrogen-bond donors (Lipinski definition) is 3. The van der Waals surface area contributed by atoms with Crippen molar-refractivity contribution in [2.45, 2.75) is 107 Å². The predicted octanol–water partition coefficient (Wildman–Crippen LogP) is 8.97. The third-order valence-corrected chi connectivity index (χ3v) is 8.23. The van der Waals surface area contributed by atoms with Crippen LogP contribution in [0.4, 0.5) is 0 Å². The first kappa shape index (κ1) is 36.0. The number of aliphatic hydroxyl groups is 3. The molecule has 0 saturated heterocycles. The van der Waals surface area contributed by atoms with Gasteiger partial charge in [-0.15, -0.1) is 0 Å². The van der Waals surface area contributed by atoms with Gasteiger partial charge < -0.3 is 15.3 Å². The molecule has 0 spiro atoms. The highest BCUT2D eigenvalue weighted by molar-refractivity contribution is 5.46. The summed E-state index contributed by atoms with van der Waals surface area (Å²) in [7, 11) is 0. The first-order valence-corrected chi connectivity index (χ1v) is 15.4. The van der Waals surface area contributed by atoms with Crippen LogP contribution in [0, 0.1) is 22.7 Å². The van der Waals surface area contributed by atoms with E-state index in [-0.39, 0.29) is 16.9 Å². The Labute approximate surface area is 261 Å². The Balaban J connectivity index is 1.94. The van der Waals surface area contributed by atoms with Crippen molar-refractivity contribution >= 4 is 0 Å². The molecule has 0 amide bonds. The van der Waals surface area contributed by atoms with Crippen molar-refractivity contribution in [1.29, 1.82) is 0 Å². The van der Waals surface area contributed by atoms with Crippen molar-refractivity contribution in [2.24, 2.45) is 10.8 Å². The largest absolute Gasteiger partial charge is 0.393 e. The molecule has 0 aromatic carbocycles. The van der Waals surface area contributed by atoms with E-state index in [1.165, 1.54) is 16.7 Å². The Bertz CT molecular complexity index is 1380. The van der Waals surface area contributed by atoms with Gasteiger partial charge in [0.05, 0.1) is 12.2 Å². The number of rotatable bonds is 8. The second-order valence-electron chi connectivity index (χ2n) is 13.6. The van der Waals surface area contributed by atoms with Crippen LogP contribution in [0.15, 0.2) is 117 Å². The lowest BCUT2D eigenvalue weighted by molar-refractivity contribution is 0.00721. The van der Waals surface area contributed by atoms with Crippen LogP contribution in [0.2, 0.25) is 0 Å². The Morgan fingerprint density at radius 2 is 1.26 bits per heavy atom. The van der Waals surface area contributed by atoms with Crippen molar-refractivity contribution in [3.63, 3.8) is 0 Å². The van der Waals surface area contributed by atoms with Gasteiger partial charge in [-0.2, -0.15) is 0 Å². The van der Waals surface area contributed by atoms with Crippen molar-refractivity contribution in [3.8, 4) is 11.8 Å². The molecule has 2 aliphatic rings. The first-order valence-electron chi connectivity index (χ1n) is 15.4. The van der Waals surface area contributed by atoms with Gasteiger partial charge in [-0.1, -0.05) is 135 Å². The lowest BCUT2D eigenvalue weighted by Crippen LogP contribution is -2.39. The second kappa shape index (κ2) is 16.1. The van der Waals surface area contributed by atoms with E-state index in [1.54, 1.807) is 0 Å². The van der Waals surface area contributed by atoms with E-state index in [0.717, 1.165) is 40.7 Å². The van der Waals surface area contributed by atoms with Gasteiger partial charge in [-0.25, -0.2) is 0 Å². The van der Waals surface area contributed by atoms with E-state index >= 15 is 0 Å². The molecule has 0 saturated carbocycles. The van der Waals surface area contributed by atoms with Crippen molar-refractivity contribution in [3.05, 3.63) is 117 Å². The van der Waals surface area contributed by atoms with Crippen LogP contribution in [-0.4, -0.2) is 33.6 Å². The van der Waals surface area contributed by atoms with Gasteiger partial charge in [-0.05, 0) is 82.9 Å². The van der Waals surface area contributed by atoms with Gasteiger partial charge in [0.15, 0.2) is 0 Å². The normalized spacial score (nSPS) is 25.9. The first-order chi connectivity index (χ1) is 20.0. The fourth-order valence-electron chi connectivity index (χ4n) is 5.85. The van der Waals surface area contributed by atoms with E-state index in [0.29, 0.717) is 6.42 Å². The SMILES string of the molecule is CC(C#CC1=C(C)C(O)C(O)CC1(C)C)=CC=CC(C)=CC=CC=C(C)C=CC=C(C)C=CC1=C(C)CC(O)CC1(C)C. The quantitative estimate of drug-likeness (QED) is 0.198. The maximum Gasteiger partial charge on any atom is 0.102 e. The van der Waals surface area contributed by atoms with Crippen LogP contribution in [0.5, 0.6) is 0 Å². The van der Waals surface area contributed by atoms with Crippen LogP contribution in [0.25, 0.3) is 0 Å². The second-order valence-corrected chi connectivity index (χ2v) is 13.6. The lowest BCUT2D eigenvalue weighted by atomic mass is 9.71. The molecule has 2 aliphatic carbocycles. The molecule has 0 radical (unpaired) electrons. The zero-order chi connectivity index (χ0) is 32.4. The zero-order valence-corrected chi connectivity index (χ0v) is 28.1. The van der Waals surface area contributed by atoms with Gasteiger partial charge in [0, 0.05) is 11.0 Å². The van der Waals surface area contributed by atoms with Crippen molar-refractivity contribution < 1.29 is 15.3 Å². The smallest absolute Gasteiger partial charge is 0.102 e. The lowest BCUT2D eigenvalue weighted by Gasteiger charge is -2.37. The third-order valence-electron chi connectivity index (χ3n) is 8.23. The van der Waals surface area contributed by atoms with Crippen LogP contribution in [0.1, 0.15) is 88.5 Å². The molecule has 3 N–H and O–H groups in total. The fraction of sp³-hybridized carbons (Fsp3) is 0.450. The summed E-state index contributed by atoms with van der Waals surface area (Å²) in [6, 6.07) is 0. The third kappa shape index (κ3) is 11.5. The maximum absolute atomic E-state index is 10.2. The molecule has 2 rings (SSSR count). The number of hydrogen-bond acceptors (Lipinski definition) is 3. The van der Waals surface area contributed by atoms with E-state index < -0.39 is 12.2 Å². The average molecular weight is 583 g/mol. The molecule has 3 unspecified atom stereocenters. The summed E-state index contributed by atoms with van der Waals surface area (Å²) >= 11 is 0. The highest BCUT2D eigenvalue weighted by Crippen LogP contribution is 2.41. The Hall–Kier alpha value is -3.16.